The summed E-state index contributed by atoms with van der Waals surface area (Å²) in [5.41, 5.74) is 6.66. The number of methoxy groups -OCH3 is 1. The normalized spacial score (nSPS) is 11.3. The third-order valence-corrected chi connectivity index (χ3v) is 2.46. The van der Waals surface area contributed by atoms with Crippen LogP contribution in [-0.4, -0.2) is 26.2 Å². The molecule has 0 aliphatic heterocycles. The molecule has 1 rings (SSSR count). The molecule has 0 heterocycles. The van der Waals surface area contributed by atoms with E-state index in [9.17, 15) is 4.79 Å². The molecule has 1 atom stereocenters. The lowest BCUT2D eigenvalue weighted by Crippen LogP contribution is -2.29. The van der Waals surface area contributed by atoms with Gasteiger partial charge in [0.15, 0.2) is 6.61 Å². The van der Waals surface area contributed by atoms with Crippen molar-refractivity contribution >= 4 is 5.91 Å². The molecule has 5 nitrogen and oxygen atoms in total. The van der Waals surface area contributed by atoms with E-state index in [-0.39, 0.29) is 25.1 Å². The van der Waals surface area contributed by atoms with Crippen LogP contribution in [0.15, 0.2) is 18.2 Å². The summed E-state index contributed by atoms with van der Waals surface area (Å²) in [6, 6.07) is 5.12. The van der Waals surface area contributed by atoms with E-state index in [4.69, 9.17) is 21.6 Å². The largest absolute Gasteiger partial charge is 0.497 e. The first kappa shape index (κ1) is 14.9. The summed E-state index contributed by atoms with van der Waals surface area (Å²) < 4.78 is 10.6. The summed E-state index contributed by atoms with van der Waals surface area (Å²) in [6.45, 7) is 1.90. The lowest BCUT2D eigenvalue weighted by Gasteiger charge is -2.15. The van der Waals surface area contributed by atoms with Gasteiger partial charge in [0.2, 0.25) is 0 Å². The van der Waals surface area contributed by atoms with Gasteiger partial charge in [0.05, 0.1) is 13.7 Å². The quantitative estimate of drug-likeness (QED) is 0.745. The Kier molecular flexibility index (Phi) is 5.71. The van der Waals surface area contributed by atoms with E-state index in [1.165, 1.54) is 0 Å². The van der Waals surface area contributed by atoms with E-state index in [0.717, 1.165) is 5.56 Å². The molecule has 1 aromatic carbocycles. The summed E-state index contributed by atoms with van der Waals surface area (Å²) in [5, 5.41) is 2.52. The molecular formula is C14H18N2O3. The lowest BCUT2D eigenvalue weighted by molar-refractivity contribution is -0.122. The van der Waals surface area contributed by atoms with Crippen molar-refractivity contribution in [1.82, 2.24) is 5.32 Å². The number of nitrogens with two attached hydrogens (primary N) is 1. The zero-order valence-corrected chi connectivity index (χ0v) is 11.1. The number of carbonyl (C=O) groups is 1. The predicted molar refractivity (Wildman–Crippen MR) is 72.9 cm³/mol. The SMILES string of the molecule is C#CCNC(=O)COc1cc(OC)ccc1[C@@H](C)N. The van der Waals surface area contributed by atoms with E-state index < -0.39 is 0 Å². The second-order valence-corrected chi connectivity index (χ2v) is 3.96. The number of hydrogen-bond donors (Lipinski definition) is 2. The van der Waals surface area contributed by atoms with Gasteiger partial charge in [0.1, 0.15) is 11.5 Å². The molecule has 0 unspecified atom stereocenters. The lowest BCUT2D eigenvalue weighted by atomic mass is 10.1. The van der Waals surface area contributed by atoms with Crippen molar-refractivity contribution in [1.29, 1.82) is 0 Å². The van der Waals surface area contributed by atoms with Crippen molar-refractivity contribution in [2.24, 2.45) is 5.73 Å². The molecule has 0 radical (unpaired) electrons. The molecule has 0 saturated heterocycles. The third-order valence-electron chi connectivity index (χ3n) is 2.46. The maximum absolute atomic E-state index is 11.4. The Labute approximate surface area is 113 Å². The smallest absolute Gasteiger partial charge is 0.258 e. The fraction of sp³-hybridized carbons (Fsp3) is 0.357. The van der Waals surface area contributed by atoms with Gasteiger partial charge in [-0.2, -0.15) is 0 Å². The zero-order chi connectivity index (χ0) is 14.3. The zero-order valence-electron chi connectivity index (χ0n) is 11.1. The first-order chi connectivity index (χ1) is 9.08. The van der Waals surface area contributed by atoms with Crippen LogP contribution in [0.3, 0.4) is 0 Å². The minimum Gasteiger partial charge on any atom is -0.497 e. The number of terminal acetylenes is 1. The Morgan fingerprint density at radius 3 is 2.89 bits per heavy atom. The van der Waals surface area contributed by atoms with Gasteiger partial charge in [-0.1, -0.05) is 12.0 Å². The number of hydrogen-bond acceptors (Lipinski definition) is 4. The predicted octanol–water partition coefficient (Wildman–Crippen LogP) is 0.843. The van der Waals surface area contributed by atoms with Crippen molar-refractivity contribution in [2.75, 3.05) is 20.3 Å². The monoisotopic (exact) mass is 262 g/mol. The number of ether oxygens (including phenoxy) is 2. The first-order valence-electron chi connectivity index (χ1n) is 5.85. The van der Waals surface area contributed by atoms with Crippen LogP contribution in [0.2, 0.25) is 0 Å². The number of amides is 1. The maximum atomic E-state index is 11.4. The second-order valence-electron chi connectivity index (χ2n) is 3.96. The summed E-state index contributed by atoms with van der Waals surface area (Å²) >= 11 is 0. The topological polar surface area (TPSA) is 73.6 Å². The first-order valence-corrected chi connectivity index (χ1v) is 5.85. The van der Waals surface area contributed by atoms with Crippen molar-refractivity contribution in [2.45, 2.75) is 13.0 Å². The molecule has 19 heavy (non-hydrogen) atoms. The molecular weight excluding hydrogens is 244 g/mol. The molecule has 0 fully saturated rings. The van der Waals surface area contributed by atoms with Crippen molar-refractivity contribution in [3.8, 4) is 23.8 Å². The van der Waals surface area contributed by atoms with Crippen LogP contribution in [0.5, 0.6) is 11.5 Å². The molecule has 0 aliphatic carbocycles. The molecule has 0 bridgehead atoms. The summed E-state index contributed by atoms with van der Waals surface area (Å²) in [6.07, 6.45) is 5.05. The van der Waals surface area contributed by atoms with E-state index in [1.807, 2.05) is 13.0 Å². The van der Waals surface area contributed by atoms with Gasteiger partial charge < -0.3 is 20.5 Å². The van der Waals surface area contributed by atoms with Crippen LogP contribution in [0.1, 0.15) is 18.5 Å². The van der Waals surface area contributed by atoms with Crippen LogP contribution in [0, 0.1) is 12.3 Å². The summed E-state index contributed by atoms with van der Waals surface area (Å²) in [4.78, 5) is 11.4. The van der Waals surface area contributed by atoms with Gasteiger partial charge in [-0.3, -0.25) is 4.79 Å². The fourth-order valence-corrected chi connectivity index (χ4v) is 1.49. The molecule has 102 valence electrons. The average molecular weight is 262 g/mol. The minimum absolute atomic E-state index is 0.117. The fourth-order valence-electron chi connectivity index (χ4n) is 1.49. The van der Waals surface area contributed by atoms with E-state index >= 15 is 0 Å². The maximum Gasteiger partial charge on any atom is 0.258 e. The van der Waals surface area contributed by atoms with Crippen molar-refractivity contribution in [3.05, 3.63) is 23.8 Å². The number of nitrogens with one attached hydrogen (secondary N) is 1. The van der Waals surface area contributed by atoms with Gasteiger partial charge in [0.25, 0.3) is 5.91 Å². The van der Waals surface area contributed by atoms with E-state index in [1.54, 1.807) is 19.2 Å². The van der Waals surface area contributed by atoms with Gasteiger partial charge in [-0.15, -0.1) is 6.42 Å². The van der Waals surface area contributed by atoms with Crippen LogP contribution in [-0.2, 0) is 4.79 Å². The molecule has 0 aliphatic rings. The highest BCUT2D eigenvalue weighted by molar-refractivity contribution is 5.77. The van der Waals surface area contributed by atoms with Crippen LogP contribution >= 0.6 is 0 Å². The highest BCUT2D eigenvalue weighted by Crippen LogP contribution is 2.28. The standard InChI is InChI=1S/C14H18N2O3/c1-4-7-16-14(17)9-19-13-8-11(18-3)5-6-12(13)10(2)15/h1,5-6,8,10H,7,9,15H2,2-3H3,(H,16,17)/t10-/m1/s1. The second kappa shape index (κ2) is 7.29. The number of rotatable bonds is 6. The van der Waals surface area contributed by atoms with Gasteiger partial charge in [-0.05, 0) is 13.0 Å². The van der Waals surface area contributed by atoms with E-state index in [2.05, 4.69) is 11.2 Å². The molecule has 0 spiro atoms. The van der Waals surface area contributed by atoms with Gasteiger partial charge in [-0.25, -0.2) is 0 Å². The number of carbonyl (C=O) groups excluding carboxylic acids is 1. The Balaban J connectivity index is 2.75. The summed E-state index contributed by atoms with van der Waals surface area (Å²) in [5.74, 6) is 3.21. The molecule has 1 aromatic rings. The van der Waals surface area contributed by atoms with Gasteiger partial charge >= 0.3 is 0 Å². The molecule has 5 heteroatoms. The molecule has 3 N–H and O–H groups in total. The van der Waals surface area contributed by atoms with Crippen LogP contribution in [0.4, 0.5) is 0 Å². The molecule has 1 amide bonds. The Morgan fingerprint density at radius 2 is 2.32 bits per heavy atom. The van der Waals surface area contributed by atoms with Crippen molar-refractivity contribution < 1.29 is 14.3 Å². The molecule has 0 aromatic heterocycles. The number of benzene rings is 1. The van der Waals surface area contributed by atoms with Crippen LogP contribution < -0.4 is 20.5 Å². The summed E-state index contributed by atoms with van der Waals surface area (Å²) in [7, 11) is 1.56. The molecule has 0 saturated carbocycles. The highest BCUT2D eigenvalue weighted by atomic mass is 16.5. The minimum atomic E-state index is -0.281. The Bertz CT molecular complexity index is 478. The highest BCUT2D eigenvalue weighted by Gasteiger charge is 2.11. The van der Waals surface area contributed by atoms with Crippen LogP contribution in [0.25, 0.3) is 0 Å². The van der Waals surface area contributed by atoms with Crippen molar-refractivity contribution in [3.63, 3.8) is 0 Å². The average Bonchev–Trinajstić information content (AvgIpc) is 2.42. The Hall–Kier alpha value is -2.19. The van der Waals surface area contributed by atoms with E-state index in [0.29, 0.717) is 11.5 Å². The third kappa shape index (κ3) is 4.53. The Morgan fingerprint density at radius 1 is 1.58 bits per heavy atom. The van der Waals surface area contributed by atoms with Gasteiger partial charge in [0, 0.05) is 17.7 Å².